The Morgan fingerprint density at radius 3 is 2.00 bits per heavy atom. The van der Waals surface area contributed by atoms with E-state index in [1.807, 2.05) is 20.8 Å². The molecule has 0 aliphatic rings. The predicted octanol–water partition coefficient (Wildman–Crippen LogP) is 1.08. The summed E-state index contributed by atoms with van der Waals surface area (Å²) in [5, 5.41) is 9.55. The molecule has 0 atom stereocenters. The first kappa shape index (κ1) is 7.32. The van der Waals surface area contributed by atoms with Crippen LogP contribution in [0.4, 0.5) is 0 Å². The van der Waals surface area contributed by atoms with Crippen LogP contribution in [0, 0.1) is 22.6 Å². The van der Waals surface area contributed by atoms with E-state index in [2.05, 4.69) is 12.0 Å². The van der Waals surface area contributed by atoms with Crippen LogP contribution in [0.25, 0.3) is 0 Å². The molecule has 8 heavy (non-hydrogen) atoms. The maximum Gasteiger partial charge on any atom is 0.0248 e. The Kier molecular flexibility index (Phi) is 2.36. The van der Waals surface area contributed by atoms with Crippen LogP contribution < -0.4 is 5.48 Å². The largest absolute Gasteiger partial charge is 0.754 e. The molecule has 0 saturated heterocycles. The van der Waals surface area contributed by atoms with Gasteiger partial charge in [-0.05, 0) is 26.8 Å². The quantitative estimate of drug-likeness (QED) is 0.289. The highest BCUT2D eigenvalue weighted by molar-refractivity contribution is 5.05. The van der Waals surface area contributed by atoms with Gasteiger partial charge in [-0.2, -0.15) is 0 Å². The van der Waals surface area contributed by atoms with Crippen molar-refractivity contribution in [3.8, 4) is 12.0 Å². The Balaban J connectivity index is 3.69. The summed E-state index contributed by atoms with van der Waals surface area (Å²) in [4.78, 5) is 0. The van der Waals surface area contributed by atoms with Gasteiger partial charge in [0.05, 0.1) is 0 Å². The molecule has 1 N–H and O–H groups in total. The van der Waals surface area contributed by atoms with Crippen molar-refractivity contribution in [2.75, 3.05) is 0 Å². The molecule has 0 rings (SSSR count). The van der Waals surface area contributed by atoms with Crippen molar-refractivity contribution in [2.45, 2.75) is 20.8 Å². The minimum absolute atomic E-state index is 0.0720. The Bertz CT molecular complexity index is 113. The van der Waals surface area contributed by atoms with Crippen LogP contribution in [0.15, 0.2) is 0 Å². The van der Waals surface area contributed by atoms with Gasteiger partial charge in [0.1, 0.15) is 0 Å². The van der Waals surface area contributed by atoms with Crippen LogP contribution in [0.5, 0.6) is 0 Å². The van der Waals surface area contributed by atoms with E-state index < -0.39 is 0 Å². The minimum atomic E-state index is -0.0720. The predicted molar refractivity (Wildman–Crippen MR) is 33.7 cm³/mol. The number of hydroxylamine groups is 1. The van der Waals surface area contributed by atoms with Gasteiger partial charge in [-0.15, -0.1) is 0 Å². The molecule has 0 radical (unpaired) electrons. The molecular weight excluding hydrogens is 102 g/mol. The standard InChI is InChI=1S/C6H10NO/c1-6(2,3)4-5-7-8/h7H,1-3H3/q-1. The Hall–Kier alpha value is -0.680. The second-order valence-corrected chi connectivity index (χ2v) is 2.60. The van der Waals surface area contributed by atoms with Gasteiger partial charge in [-0.1, -0.05) is 5.92 Å². The third-order valence-corrected chi connectivity index (χ3v) is 0.489. The van der Waals surface area contributed by atoms with Gasteiger partial charge in [-0.3, -0.25) is 0 Å². The lowest BCUT2D eigenvalue weighted by Gasteiger charge is -2.07. The van der Waals surface area contributed by atoms with E-state index in [1.165, 1.54) is 5.48 Å². The molecule has 0 aromatic carbocycles. The number of hydrogen-bond donors (Lipinski definition) is 1. The fraction of sp³-hybridized carbons (Fsp3) is 0.667. The third-order valence-electron chi connectivity index (χ3n) is 0.489. The number of rotatable bonds is 0. The van der Waals surface area contributed by atoms with Gasteiger partial charge in [0.25, 0.3) is 0 Å². The summed E-state index contributed by atoms with van der Waals surface area (Å²) in [6.45, 7) is 5.83. The number of nitrogens with one attached hydrogen (secondary N) is 1. The third kappa shape index (κ3) is 5.32. The summed E-state index contributed by atoms with van der Waals surface area (Å²) in [5.41, 5.74) is 1.44. The zero-order valence-electron chi connectivity index (χ0n) is 5.41. The van der Waals surface area contributed by atoms with E-state index in [9.17, 15) is 5.21 Å². The summed E-state index contributed by atoms with van der Waals surface area (Å²) in [7, 11) is 0. The van der Waals surface area contributed by atoms with Crippen molar-refractivity contribution >= 4 is 0 Å². The summed E-state index contributed by atoms with van der Waals surface area (Å²) >= 11 is 0. The maximum absolute atomic E-state index is 9.55. The molecule has 0 amide bonds. The van der Waals surface area contributed by atoms with Crippen molar-refractivity contribution in [3.05, 3.63) is 5.21 Å². The van der Waals surface area contributed by atoms with Crippen molar-refractivity contribution in [1.82, 2.24) is 5.48 Å². The first-order chi connectivity index (χ1) is 3.56. The van der Waals surface area contributed by atoms with Crippen LogP contribution >= 0.6 is 0 Å². The van der Waals surface area contributed by atoms with Crippen LogP contribution in [-0.2, 0) is 0 Å². The molecule has 0 aromatic rings. The topological polar surface area (TPSA) is 35.1 Å². The van der Waals surface area contributed by atoms with Crippen LogP contribution in [-0.4, -0.2) is 0 Å². The molecule has 0 saturated carbocycles. The SMILES string of the molecule is CC(C)(C)C#CN[O-]. The maximum atomic E-state index is 9.55. The summed E-state index contributed by atoms with van der Waals surface area (Å²) in [6, 6.07) is 2.23. The molecular formula is C6H10NO-. The Labute approximate surface area is 49.9 Å². The zero-order valence-corrected chi connectivity index (χ0v) is 5.41. The smallest absolute Gasteiger partial charge is 0.0248 e. The Morgan fingerprint density at radius 2 is 1.88 bits per heavy atom. The second-order valence-electron chi connectivity index (χ2n) is 2.60. The van der Waals surface area contributed by atoms with E-state index in [0.717, 1.165) is 0 Å². The van der Waals surface area contributed by atoms with Crippen molar-refractivity contribution < 1.29 is 0 Å². The van der Waals surface area contributed by atoms with Gasteiger partial charge < -0.3 is 10.7 Å². The summed E-state index contributed by atoms with van der Waals surface area (Å²) in [6.07, 6.45) is 0. The van der Waals surface area contributed by atoms with Crippen LogP contribution in [0.2, 0.25) is 0 Å². The lowest BCUT2D eigenvalue weighted by molar-refractivity contribution is 0.570. The van der Waals surface area contributed by atoms with Crippen molar-refractivity contribution in [1.29, 1.82) is 0 Å². The van der Waals surface area contributed by atoms with Gasteiger partial charge >= 0.3 is 0 Å². The highest BCUT2D eigenvalue weighted by atomic mass is 16.5. The van der Waals surface area contributed by atoms with E-state index in [4.69, 9.17) is 0 Å². The fourth-order valence-electron chi connectivity index (χ4n) is 0.213. The average Bonchev–Trinajstić information content (AvgIpc) is 1.59. The van der Waals surface area contributed by atoms with Crippen molar-refractivity contribution in [3.63, 3.8) is 0 Å². The molecule has 2 nitrogen and oxygen atoms in total. The molecule has 0 aromatic heterocycles. The summed E-state index contributed by atoms with van der Waals surface area (Å²) in [5.74, 6) is 2.70. The average molecular weight is 112 g/mol. The second kappa shape index (κ2) is 2.58. The molecule has 0 fully saturated rings. The van der Waals surface area contributed by atoms with Crippen LogP contribution in [0.1, 0.15) is 20.8 Å². The van der Waals surface area contributed by atoms with Crippen LogP contribution in [0.3, 0.4) is 0 Å². The lowest BCUT2D eigenvalue weighted by atomic mass is 9.99. The van der Waals surface area contributed by atoms with Gasteiger partial charge in [-0.25, -0.2) is 0 Å². The van der Waals surface area contributed by atoms with E-state index in [1.54, 1.807) is 0 Å². The van der Waals surface area contributed by atoms with Gasteiger partial charge in [0.15, 0.2) is 0 Å². The first-order valence-corrected chi connectivity index (χ1v) is 2.45. The molecule has 2 heteroatoms. The molecule has 0 bridgehead atoms. The molecule has 0 unspecified atom stereocenters. The monoisotopic (exact) mass is 112 g/mol. The highest BCUT2D eigenvalue weighted by Crippen LogP contribution is 2.08. The molecule has 0 spiro atoms. The lowest BCUT2D eigenvalue weighted by Crippen LogP contribution is -2.01. The Morgan fingerprint density at radius 1 is 1.38 bits per heavy atom. The van der Waals surface area contributed by atoms with E-state index >= 15 is 0 Å². The molecule has 0 heterocycles. The normalized spacial score (nSPS) is 9.50. The highest BCUT2D eigenvalue weighted by Gasteiger charge is 2.02. The summed E-state index contributed by atoms with van der Waals surface area (Å²) < 4.78 is 0. The van der Waals surface area contributed by atoms with E-state index in [-0.39, 0.29) is 5.41 Å². The van der Waals surface area contributed by atoms with Gasteiger partial charge in [0.2, 0.25) is 0 Å². The van der Waals surface area contributed by atoms with Gasteiger partial charge in [0, 0.05) is 5.41 Å². The zero-order chi connectivity index (χ0) is 6.62. The van der Waals surface area contributed by atoms with E-state index in [0.29, 0.717) is 0 Å². The molecule has 0 aliphatic heterocycles. The molecule has 46 valence electrons. The van der Waals surface area contributed by atoms with Crippen molar-refractivity contribution in [2.24, 2.45) is 5.41 Å². The minimum Gasteiger partial charge on any atom is -0.754 e. The number of hydrogen-bond acceptors (Lipinski definition) is 2. The molecule has 0 aliphatic carbocycles. The fourth-order valence-corrected chi connectivity index (χ4v) is 0.213. The first-order valence-electron chi connectivity index (χ1n) is 2.45.